The van der Waals surface area contributed by atoms with Crippen molar-refractivity contribution in [3.63, 3.8) is 0 Å². The van der Waals surface area contributed by atoms with Crippen molar-refractivity contribution in [3.8, 4) is 0 Å². The van der Waals surface area contributed by atoms with Crippen molar-refractivity contribution in [2.24, 2.45) is 104 Å². The number of rotatable bonds is 63. The number of thiol groups is 3. The molecule has 0 fully saturated rings. The molecule has 2 rings (SSSR count). The molecule has 0 aliphatic heterocycles. The van der Waals surface area contributed by atoms with Crippen LogP contribution in [0.25, 0.3) is 0 Å². The second-order valence-corrected chi connectivity index (χ2v) is 39.0. The first kappa shape index (κ1) is 165. The third-order valence-electron chi connectivity index (χ3n) is 21.1. The predicted octanol–water partition coefficient (Wildman–Crippen LogP) is 6.80. The number of hydrogen-bond acceptors (Lipinski definition) is 30. The summed E-state index contributed by atoms with van der Waals surface area (Å²) in [5, 5.41) is 41.6. The van der Waals surface area contributed by atoms with E-state index in [1.54, 1.807) is 19.4 Å². The number of carbonyl (C=O) groups excluding carboxylic acids is 12. The number of imidazole rings is 1. The average molecular weight is 2210 g/mol. The van der Waals surface area contributed by atoms with Crippen molar-refractivity contribution in [1.29, 1.82) is 0 Å². The second kappa shape index (κ2) is 122. The summed E-state index contributed by atoms with van der Waals surface area (Å²) in [6, 6.07) is 4.56. The molecule has 40 nitrogen and oxygen atoms in total. The van der Waals surface area contributed by atoms with Gasteiger partial charge in [-0.05, 0) is 139 Å². The molecule has 0 radical (unpaired) electrons. The number of aliphatic hydroxyl groups excluding tert-OH is 1. The Hall–Kier alpha value is -7.44. The van der Waals surface area contributed by atoms with Gasteiger partial charge in [-0.25, -0.2) is 4.98 Å². The molecule has 43 heteroatoms. The lowest BCUT2D eigenvalue weighted by Crippen LogP contribution is -2.44. The Labute approximate surface area is 925 Å². The van der Waals surface area contributed by atoms with E-state index in [4.69, 9.17) is 79.6 Å². The number of aliphatic hydroxyl groups is 1. The molecule has 0 unspecified atom stereocenters. The van der Waals surface area contributed by atoms with Gasteiger partial charge in [0.05, 0.1) is 79.4 Å². The van der Waals surface area contributed by atoms with E-state index in [-0.39, 0.29) is 143 Å². The zero-order valence-corrected chi connectivity index (χ0v) is 101. The standard InChI is InChI=1S/C13H20N2O.C10H18N4O.5C9H20N2O.C7H16N2O2.3C7H16N2OS.C7H16N2O.C4H11N/c1-2-3-9-15-13(16)12(14)10-11-7-5-4-6-8-11;1-2-3-4-13-10(15)9(11)5-8-6-12-7-14-8;5*1-4-5-6-11-9(12)8(10)7(2)3;1-2-3-4-9-7(11)6(8)5-10;3*1-2-3-4-9-7(10)6(8)5-11;1-3-4-5-9-7(10)6(2)8;1-2-3-4-5/h4-8,12H,2-3,9-10,14H2,1H3,(H,15,16);6-7,9H,2-5,11H2,1H3,(H,12,14)(H,13,15);5*7-8H,4-6,10H2,1-3H3,(H,11,12);6,10H,2-5,8H2,1H3,(H,9,11);3*6,11H,2-5,8H2,1H3,(H,9,10);6H,3-5,8H2,1-2H3,(H,9,10);2-5H2,1H3/t12-;9-;5*8-;5*6-;/m000000000000./s1/i;;9+1,12+2;12+2;12+1;9+1;;;10+2;7+1;;;. The molecule has 0 saturated heterocycles. The van der Waals surface area contributed by atoms with Gasteiger partial charge in [0.25, 0.3) is 0 Å². The summed E-state index contributed by atoms with van der Waals surface area (Å²) >= 11 is 11.7. The van der Waals surface area contributed by atoms with Crippen molar-refractivity contribution in [2.75, 3.05) is 109 Å². The first-order chi connectivity index (χ1) is 70.9. The van der Waals surface area contributed by atoms with Gasteiger partial charge in [-0.3, -0.25) is 57.5 Å². The number of benzene rings is 1. The highest BCUT2D eigenvalue weighted by Crippen LogP contribution is 2.06. The Morgan fingerprint density at radius 1 is 0.313 bits per heavy atom. The van der Waals surface area contributed by atoms with Crippen LogP contribution in [0, 0.1) is 29.6 Å². The van der Waals surface area contributed by atoms with Crippen LogP contribution in [-0.4, -0.2) is 267 Å². The maximum atomic E-state index is 11.6. The lowest BCUT2D eigenvalue weighted by Gasteiger charge is -2.14. The minimum Gasteiger partial charge on any atom is -0.394 e. The Morgan fingerprint density at radius 2 is 0.553 bits per heavy atom. The number of nitrogens with two attached hydrogens (primary N) is 13. The number of aromatic amines is 1. The minimum atomic E-state index is -0.771. The molecule has 40 N–H and O–H groups in total. The highest BCUT2D eigenvalue weighted by molar-refractivity contribution is 7.80. The monoisotopic (exact) mass is 2210 g/mol. The van der Waals surface area contributed by atoms with Crippen molar-refractivity contribution < 1.29 is 62.6 Å². The van der Waals surface area contributed by atoms with Crippen molar-refractivity contribution in [3.05, 3.63) is 54.1 Å². The van der Waals surface area contributed by atoms with Crippen LogP contribution in [0.3, 0.4) is 0 Å². The molecule has 12 atom stereocenters. The maximum Gasteiger partial charge on any atom is 0.239 e. The number of nitrogens with one attached hydrogen (secondary N) is 13. The van der Waals surface area contributed by atoms with Crippen LogP contribution in [0.4, 0.5) is 0 Å². The van der Waals surface area contributed by atoms with E-state index in [0.29, 0.717) is 43.2 Å². The van der Waals surface area contributed by atoms with Gasteiger partial charge in [0, 0.05) is 114 Å². The van der Waals surface area contributed by atoms with Crippen molar-refractivity contribution >= 4 is 109 Å². The predicted molar refractivity (Wildman–Crippen MR) is 636 cm³/mol. The van der Waals surface area contributed by atoms with Gasteiger partial charge in [-0.2, -0.15) is 37.9 Å². The molecule has 0 saturated carbocycles. The number of nitrogens with zero attached hydrogens (tertiary/aromatic N) is 1. The third-order valence-corrected chi connectivity index (χ3v) is 22.3. The molecule has 0 aliphatic carbocycles. The molecule has 0 bridgehead atoms. The topological polar surface area (TPSA) is 736 Å². The number of hydrogen-bond donors (Lipinski definition) is 30. The fourth-order valence-electron chi connectivity index (χ4n) is 9.93. The van der Waals surface area contributed by atoms with Gasteiger partial charge in [-0.15, -0.1) is 0 Å². The van der Waals surface area contributed by atoms with E-state index >= 15 is 0 Å². The average Bonchev–Trinajstić information content (AvgIpc) is 1.79. The lowest BCUT2D eigenvalue weighted by atomic mass is 10.1. The van der Waals surface area contributed by atoms with Crippen LogP contribution >= 0.6 is 37.9 Å². The van der Waals surface area contributed by atoms with Gasteiger partial charge in [0.15, 0.2) is 0 Å². The van der Waals surface area contributed by atoms with Crippen LogP contribution in [0.2, 0.25) is 0 Å². The van der Waals surface area contributed by atoms with Gasteiger partial charge in [0.1, 0.15) is 6.04 Å². The van der Waals surface area contributed by atoms with E-state index in [0.717, 1.165) is 237 Å². The fourth-order valence-corrected chi connectivity index (χ4v) is 10.4. The van der Waals surface area contributed by atoms with Gasteiger partial charge in [0.2, 0.25) is 70.9 Å². The highest BCUT2D eigenvalue weighted by atomic mass is 32.1. The van der Waals surface area contributed by atoms with E-state index in [1.807, 2.05) is 106 Å². The van der Waals surface area contributed by atoms with Gasteiger partial charge >= 0.3 is 0 Å². The van der Waals surface area contributed by atoms with Crippen molar-refractivity contribution in [1.82, 2.24) is 73.8 Å². The lowest BCUT2D eigenvalue weighted by molar-refractivity contribution is -0.124. The largest absolute Gasteiger partial charge is 0.394 e. The summed E-state index contributed by atoms with van der Waals surface area (Å²) in [7, 11) is 0. The summed E-state index contributed by atoms with van der Waals surface area (Å²) in [5.41, 5.74) is 73.6. The van der Waals surface area contributed by atoms with Crippen LogP contribution < -0.4 is 138 Å². The Morgan fingerprint density at radius 3 is 0.787 bits per heavy atom. The summed E-state index contributed by atoms with van der Waals surface area (Å²) in [6.45, 7) is 57.5. The van der Waals surface area contributed by atoms with Crippen LogP contribution in [0.5, 0.6) is 0 Å². The molecule has 888 valence electrons. The molecular formula is C107H229N27O13S3. The van der Waals surface area contributed by atoms with E-state index in [9.17, 15) is 57.5 Å². The molecule has 0 aliphatic rings. The molecule has 2 aromatic rings. The maximum absolute atomic E-state index is 11.6. The summed E-state index contributed by atoms with van der Waals surface area (Å²) in [5.74, 6) is 1.32. The SMILES string of the molecule is CCCCN.CCCCNC(=O)[C@@H](N)C(C)C.CCCCNC(=O)[C@@H](N)CO.CCCCNC(=O)[C@@H](N)CS.CCCCNC(=O)[C@@H](N)Cc1ccccc1.CCCCNC(=O)[C@@H](N)Cc1cnc[nH]1.CCCCNC(=O)[C@H](C)N.CCCCNC(=[17O])[C@@H](N)C(C)C.CCCCNC(=[18O])[C@@H](N)C(C)C.CCCCNC(=[18O])[C@@H](N)CS.CCCCN[13C](=O)[C@@H](N)C(C)C.CCCCN[13C](=O)[C@@H](N)CS.CCCCN[13C](=[18O])[C@@H](N)C(C)C. The van der Waals surface area contributed by atoms with Crippen LogP contribution in [-0.2, 0) is 70.4 Å². The molecule has 150 heavy (non-hydrogen) atoms. The summed E-state index contributed by atoms with van der Waals surface area (Å²) < 4.78 is 0. The third kappa shape index (κ3) is 116. The molecule has 1 aromatic heterocycles. The molecule has 12 amide bonds. The van der Waals surface area contributed by atoms with Crippen molar-refractivity contribution in [2.45, 2.75) is 418 Å². The quantitative estimate of drug-likeness (QED) is 0.0140. The normalized spacial score (nSPS) is 12.6. The summed E-state index contributed by atoms with van der Waals surface area (Å²) in [4.78, 5) is 140. The van der Waals surface area contributed by atoms with Gasteiger partial charge in [-0.1, -0.05) is 273 Å². The first-order valence-electron chi connectivity index (χ1n) is 55.5. The number of unbranched alkanes of at least 4 members (excludes halogenated alkanes) is 13. The number of aromatic nitrogens is 2. The van der Waals surface area contributed by atoms with E-state index in [1.165, 1.54) is 12.8 Å². The fraction of sp³-hybridized carbons (Fsp3) is 0.804. The Kier molecular flexibility index (Phi) is 134. The molecule has 0 spiro atoms. The molecule has 1 heterocycles. The highest BCUT2D eigenvalue weighted by Gasteiger charge is 2.23. The van der Waals surface area contributed by atoms with E-state index < -0.39 is 36.3 Å². The minimum absolute atomic E-state index is 0.0292. The van der Waals surface area contributed by atoms with E-state index in [2.05, 4.69) is 195 Å². The zero-order chi connectivity index (χ0) is 118. The number of H-pyrrole nitrogens is 1. The second-order valence-electron chi connectivity index (χ2n) is 37.9. The van der Waals surface area contributed by atoms with Gasteiger partial charge < -0.3 is 148 Å². The van der Waals surface area contributed by atoms with Crippen LogP contribution in [0.1, 0.15) is 344 Å². The zero-order valence-electron chi connectivity index (χ0n) is 97.8. The van der Waals surface area contributed by atoms with Crippen LogP contribution in [0.15, 0.2) is 42.9 Å². The number of carbonyl (C=O) groups is 12. The Bertz CT molecular complexity index is 3100. The Balaban J connectivity index is -0.000000156. The number of amides is 12. The molecular weight excluding hydrogens is 1980 g/mol. The first-order valence-corrected chi connectivity index (χ1v) is 57.3. The molecule has 1 aromatic carbocycles. The summed E-state index contributed by atoms with van der Waals surface area (Å²) in [6.07, 6.45) is 31.8. The smallest absolute Gasteiger partial charge is 0.239 e.